The Morgan fingerprint density at radius 2 is 1.47 bits per heavy atom. The molecule has 8 heteroatoms. The molecule has 4 N–H and O–H groups in total. The third-order valence-electron chi connectivity index (χ3n) is 5.80. The standard InChI is InChI=1S/C29H33F2N3O2.CH4O/c1-2-21-7-6-8-22(15-21)20-32-14-13-27(18-23-16-24(30)19-25(31)17-23)34-29(36)12-11-28(35)33-26-9-4-3-5-10-26;1-2/h3-10,15-17,19,27,32H,2,11-14,18,20H2,1H3,(H,33,35)(H,34,36);2H,1H3/t27-;/m1./s1. The molecule has 0 radical (unpaired) electrons. The van der Waals surface area contributed by atoms with Crippen molar-refractivity contribution in [2.45, 2.75) is 51.6 Å². The van der Waals surface area contributed by atoms with E-state index in [0.29, 0.717) is 30.8 Å². The highest BCUT2D eigenvalue weighted by Crippen LogP contribution is 2.13. The zero-order chi connectivity index (χ0) is 27.8. The van der Waals surface area contributed by atoms with E-state index >= 15 is 0 Å². The lowest BCUT2D eigenvalue weighted by Gasteiger charge is -2.20. The molecule has 3 aromatic carbocycles. The lowest BCUT2D eigenvalue weighted by molar-refractivity contribution is -0.124. The lowest BCUT2D eigenvalue weighted by atomic mass is 10.0. The predicted octanol–water partition coefficient (Wildman–Crippen LogP) is 4.76. The molecule has 204 valence electrons. The molecule has 6 nitrogen and oxygen atoms in total. The van der Waals surface area contributed by atoms with Crippen molar-refractivity contribution in [1.29, 1.82) is 0 Å². The highest BCUT2D eigenvalue weighted by atomic mass is 19.1. The summed E-state index contributed by atoms with van der Waals surface area (Å²) in [7, 11) is 1.00. The largest absolute Gasteiger partial charge is 0.400 e. The van der Waals surface area contributed by atoms with Crippen molar-refractivity contribution < 1.29 is 23.5 Å². The molecule has 38 heavy (non-hydrogen) atoms. The summed E-state index contributed by atoms with van der Waals surface area (Å²) >= 11 is 0. The van der Waals surface area contributed by atoms with Crippen LogP contribution in [0.4, 0.5) is 14.5 Å². The number of hydrogen-bond acceptors (Lipinski definition) is 4. The SMILES string of the molecule is CCc1cccc(CNCC[C@H](Cc2cc(F)cc(F)c2)NC(=O)CCC(=O)Nc2ccccc2)c1.CO. The minimum atomic E-state index is -0.651. The molecule has 0 aliphatic carbocycles. The third kappa shape index (κ3) is 11.6. The zero-order valence-electron chi connectivity index (χ0n) is 22.0. The normalized spacial score (nSPS) is 11.2. The van der Waals surface area contributed by atoms with Crippen LogP contribution in [-0.4, -0.2) is 36.6 Å². The van der Waals surface area contributed by atoms with E-state index in [1.54, 1.807) is 12.1 Å². The minimum Gasteiger partial charge on any atom is -0.400 e. The van der Waals surface area contributed by atoms with E-state index in [9.17, 15) is 18.4 Å². The lowest BCUT2D eigenvalue weighted by Crippen LogP contribution is -2.38. The summed E-state index contributed by atoms with van der Waals surface area (Å²) in [5.74, 6) is -1.84. The maximum atomic E-state index is 13.7. The zero-order valence-corrected chi connectivity index (χ0v) is 22.0. The summed E-state index contributed by atoms with van der Waals surface area (Å²) in [4.78, 5) is 24.8. The number of carbonyl (C=O) groups is 2. The fourth-order valence-electron chi connectivity index (χ4n) is 3.98. The number of aliphatic hydroxyl groups is 1. The van der Waals surface area contributed by atoms with Gasteiger partial charge in [0, 0.05) is 44.3 Å². The third-order valence-corrected chi connectivity index (χ3v) is 5.80. The average Bonchev–Trinajstić information content (AvgIpc) is 2.91. The number of nitrogens with one attached hydrogen (secondary N) is 3. The molecule has 0 bridgehead atoms. The quantitative estimate of drug-likeness (QED) is 0.242. The Labute approximate surface area is 223 Å². The first-order valence-electron chi connectivity index (χ1n) is 12.7. The van der Waals surface area contributed by atoms with Crippen molar-refractivity contribution in [3.8, 4) is 0 Å². The van der Waals surface area contributed by atoms with E-state index in [1.165, 1.54) is 23.3 Å². The first-order chi connectivity index (χ1) is 18.4. The Bertz CT molecular complexity index is 1120. The maximum absolute atomic E-state index is 13.7. The van der Waals surface area contributed by atoms with Gasteiger partial charge in [0.15, 0.2) is 0 Å². The van der Waals surface area contributed by atoms with Crippen LogP contribution in [0.1, 0.15) is 42.9 Å². The Balaban J connectivity index is 0.00000247. The van der Waals surface area contributed by atoms with Crippen molar-refractivity contribution in [1.82, 2.24) is 10.6 Å². The fourth-order valence-corrected chi connectivity index (χ4v) is 3.98. The van der Waals surface area contributed by atoms with E-state index in [1.807, 2.05) is 24.3 Å². The number of halogens is 2. The van der Waals surface area contributed by atoms with Crippen LogP contribution in [0.2, 0.25) is 0 Å². The number of rotatable bonds is 13. The van der Waals surface area contributed by atoms with Gasteiger partial charge >= 0.3 is 0 Å². The van der Waals surface area contributed by atoms with Gasteiger partial charge in [-0.15, -0.1) is 0 Å². The molecule has 3 aromatic rings. The van der Waals surface area contributed by atoms with Gasteiger partial charge in [0.25, 0.3) is 0 Å². The summed E-state index contributed by atoms with van der Waals surface area (Å²) < 4.78 is 27.4. The minimum absolute atomic E-state index is 0.0178. The molecule has 0 heterocycles. The molecule has 0 aliphatic rings. The van der Waals surface area contributed by atoms with Crippen molar-refractivity contribution in [2.75, 3.05) is 19.0 Å². The first kappa shape index (κ1) is 30.6. The van der Waals surface area contributed by atoms with E-state index in [2.05, 4.69) is 41.1 Å². The highest BCUT2D eigenvalue weighted by Gasteiger charge is 2.16. The number of carbonyl (C=O) groups excluding carboxylic acids is 2. The second kappa shape index (κ2) is 17.0. The van der Waals surface area contributed by atoms with Gasteiger partial charge < -0.3 is 21.1 Å². The van der Waals surface area contributed by atoms with Crippen molar-refractivity contribution in [2.24, 2.45) is 0 Å². The number of aryl methyl sites for hydroxylation is 1. The van der Waals surface area contributed by atoms with Gasteiger partial charge in [0.05, 0.1) is 0 Å². The van der Waals surface area contributed by atoms with Gasteiger partial charge in [0.1, 0.15) is 11.6 Å². The summed E-state index contributed by atoms with van der Waals surface area (Å²) in [5, 5.41) is 16.1. The number of aliphatic hydroxyl groups excluding tert-OH is 1. The maximum Gasteiger partial charge on any atom is 0.224 e. The smallest absolute Gasteiger partial charge is 0.224 e. The molecule has 0 unspecified atom stereocenters. The van der Waals surface area contributed by atoms with Crippen LogP contribution < -0.4 is 16.0 Å². The number of amides is 2. The van der Waals surface area contributed by atoms with Gasteiger partial charge in [-0.05, 0) is 66.8 Å². The fraction of sp³-hybridized carbons (Fsp3) is 0.333. The monoisotopic (exact) mass is 525 g/mol. The van der Waals surface area contributed by atoms with Gasteiger partial charge in [0.2, 0.25) is 11.8 Å². The van der Waals surface area contributed by atoms with Crippen molar-refractivity contribution in [3.05, 3.63) is 101 Å². The molecule has 0 aliphatic heterocycles. The number of hydrogen-bond donors (Lipinski definition) is 4. The molecule has 0 aromatic heterocycles. The first-order valence-corrected chi connectivity index (χ1v) is 12.7. The molecule has 2 amide bonds. The Morgan fingerprint density at radius 3 is 2.16 bits per heavy atom. The molecule has 0 fully saturated rings. The van der Waals surface area contributed by atoms with Crippen LogP contribution in [-0.2, 0) is 29.0 Å². The van der Waals surface area contributed by atoms with Crippen LogP contribution in [0.3, 0.4) is 0 Å². The van der Waals surface area contributed by atoms with E-state index in [4.69, 9.17) is 5.11 Å². The summed E-state index contributed by atoms with van der Waals surface area (Å²) in [5.41, 5.74) is 3.58. The molecule has 3 rings (SSSR count). The molecule has 1 atom stereocenters. The second-order valence-corrected chi connectivity index (χ2v) is 8.80. The Kier molecular flexibility index (Phi) is 13.7. The number of anilines is 1. The molecular formula is C30H37F2N3O3. The summed E-state index contributed by atoms with van der Waals surface area (Å²) in [6, 6.07) is 20.4. The van der Waals surface area contributed by atoms with Crippen LogP contribution in [0.15, 0.2) is 72.8 Å². The van der Waals surface area contributed by atoms with Crippen LogP contribution in [0, 0.1) is 11.6 Å². The van der Waals surface area contributed by atoms with Crippen molar-refractivity contribution in [3.63, 3.8) is 0 Å². The van der Waals surface area contributed by atoms with Gasteiger partial charge in [-0.2, -0.15) is 0 Å². The van der Waals surface area contributed by atoms with Gasteiger partial charge in [-0.25, -0.2) is 8.78 Å². The van der Waals surface area contributed by atoms with Gasteiger partial charge in [-0.1, -0.05) is 49.4 Å². The van der Waals surface area contributed by atoms with Crippen LogP contribution in [0.5, 0.6) is 0 Å². The Morgan fingerprint density at radius 1 is 0.816 bits per heavy atom. The predicted molar refractivity (Wildman–Crippen MR) is 147 cm³/mol. The van der Waals surface area contributed by atoms with Crippen LogP contribution >= 0.6 is 0 Å². The number of para-hydroxylation sites is 1. The highest BCUT2D eigenvalue weighted by molar-refractivity contribution is 5.93. The molecule has 0 spiro atoms. The molecule has 0 saturated heterocycles. The average molecular weight is 526 g/mol. The Hall–Kier alpha value is -3.62. The van der Waals surface area contributed by atoms with E-state index in [0.717, 1.165) is 19.6 Å². The van der Waals surface area contributed by atoms with Crippen LogP contribution in [0.25, 0.3) is 0 Å². The summed E-state index contributed by atoms with van der Waals surface area (Å²) in [6.07, 6.45) is 1.87. The molecular weight excluding hydrogens is 488 g/mol. The van der Waals surface area contributed by atoms with E-state index < -0.39 is 11.6 Å². The molecule has 0 saturated carbocycles. The summed E-state index contributed by atoms with van der Waals surface area (Å²) in [6.45, 7) is 3.40. The topological polar surface area (TPSA) is 90.5 Å². The van der Waals surface area contributed by atoms with Crippen molar-refractivity contribution >= 4 is 17.5 Å². The van der Waals surface area contributed by atoms with Gasteiger partial charge in [-0.3, -0.25) is 9.59 Å². The van der Waals surface area contributed by atoms with E-state index in [-0.39, 0.29) is 37.1 Å². The second-order valence-electron chi connectivity index (χ2n) is 8.80. The number of benzene rings is 3.